The molecular weight excluding hydrogens is 336 g/mol. The number of amides is 1. The van der Waals surface area contributed by atoms with Crippen LogP contribution in [-0.2, 0) is 16.0 Å². The molecule has 0 saturated heterocycles. The van der Waals surface area contributed by atoms with Crippen molar-refractivity contribution in [3.8, 4) is 17.2 Å². The minimum atomic E-state index is -0.188. The topological polar surface area (TPSA) is 112 Å². The summed E-state index contributed by atoms with van der Waals surface area (Å²) in [4.78, 5) is 19.7. The first-order valence-electron chi connectivity index (χ1n) is 8.30. The third kappa shape index (κ3) is 5.89. The smallest absolute Gasteiger partial charge is 0.229 e. The van der Waals surface area contributed by atoms with E-state index in [1.165, 1.54) is 13.3 Å². The lowest BCUT2D eigenvalue weighted by Gasteiger charge is -2.12. The van der Waals surface area contributed by atoms with Crippen molar-refractivity contribution in [2.75, 3.05) is 27.4 Å². The quantitative estimate of drug-likeness (QED) is 0.400. The maximum Gasteiger partial charge on any atom is 0.229 e. The molecule has 0 spiro atoms. The number of carbonyl (C=O) groups excluding carboxylic acids is 1. The minimum absolute atomic E-state index is 0.108. The fraction of sp³-hybridized carbons (Fsp3) is 0.389. The van der Waals surface area contributed by atoms with Crippen molar-refractivity contribution in [2.45, 2.75) is 19.3 Å². The Kier molecular flexibility index (Phi) is 7.63. The number of guanidine groups is 1. The molecule has 1 heterocycles. The number of rotatable bonds is 9. The molecular formula is C18H24N4O4. The maximum atomic E-state index is 11.8. The van der Waals surface area contributed by atoms with E-state index in [1.54, 1.807) is 13.3 Å². The van der Waals surface area contributed by atoms with Gasteiger partial charge in [-0.15, -0.1) is 0 Å². The van der Waals surface area contributed by atoms with Gasteiger partial charge in [-0.25, -0.2) is 4.98 Å². The molecule has 8 heteroatoms. The van der Waals surface area contributed by atoms with Crippen LogP contribution in [0.2, 0.25) is 0 Å². The second-order valence-corrected chi connectivity index (χ2v) is 5.52. The molecule has 0 saturated carbocycles. The number of carbonyl (C=O) groups is 1. The zero-order chi connectivity index (χ0) is 18.8. The summed E-state index contributed by atoms with van der Waals surface area (Å²) >= 11 is 0. The maximum absolute atomic E-state index is 11.8. The van der Waals surface area contributed by atoms with E-state index in [1.807, 2.05) is 18.2 Å². The third-order valence-electron chi connectivity index (χ3n) is 3.61. The highest BCUT2D eigenvalue weighted by Gasteiger charge is 2.12. The average molecular weight is 360 g/mol. The lowest BCUT2D eigenvalue weighted by molar-refractivity contribution is -0.119. The Morgan fingerprint density at radius 3 is 2.92 bits per heavy atom. The highest BCUT2D eigenvalue weighted by atomic mass is 16.5. The lowest BCUT2D eigenvalue weighted by Crippen LogP contribution is -2.36. The summed E-state index contributed by atoms with van der Waals surface area (Å²) in [6, 6.07) is 5.70. The van der Waals surface area contributed by atoms with Crippen LogP contribution in [0.1, 0.15) is 18.4 Å². The molecule has 0 aliphatic rings. The van der Waals surface area contributed by atoms with Gasteiger partial charge in [-0.2, -0.15) is 0 Å². The van der Waals surface area contributed by atoms with Gasteiger partial charge in [-0.3, -0.25) is 15.1 Å². The number of aliphatic imine (C=N–C) groups is 1. The third-order valence-corrected chi connectivity index (χ3v) is 3.61. The summed E-state index contributed by atoms with van der Waals surface area (Å²) in [5.41, 5.74) is 7.22. The van der Waals surface area contributed by atoms with Crippen LogP contribution >= 0.6 is 0 Å². The number of oxazole rings is 1. The summed E-state index contributed by atoms with van der Waals surface area (Å²) in [5, 5.41) is 2.52. The van der Waals surface area contributed by atoms with Gasteiger partial charge in [0.2, 0.25) is 11.8 Å². The van der Waals surface area contributed by atoms with Crippen molar-refractivity contribution in [1.29, 1.82) is 0 Å². The second kappa shape index (κ2) is 10.2. The van der Waals surface area contributed by atoms with Crippen molar-refractivity contribution >= 4 is 11.9 Å². The number of nitrogens with zero attached hydrogens (tertiary/aromatic N) is 2. The van der Waals surface area contributed by atoms with E-state index < -0.39 is 0 Å². The van der Waals surface area contributed by atoms with Gasteiger partial charge in [-0.1, -0.05) is 6.07 Å². The van der Waals surface area contributed by atoms with Crippen LogP contribution in [0.3, 0.4) is 0 Å². The van der Waals surface area contributed by atoms with Gasteiger partial charge in [0.05, 0.1) is 18.4 Å². The fourth-order valence-corrected chi connectivity index (χ4v) is 2.28. The van der Waals surface area contributed by atoms with Crippen molar-refractivity contribution < 1.29 is 18.7 Å². The average Bonchev–Trinajstić information content (AvgIpc) is 3.18. The van der Waals surface area contributed by atoms with Gasteiger partial charge in [0.15, 0.2) is 5.96 Å². The Labute approximate surface area is 152 Å². The molecule has 1 amide bonds. The molecule has 8 nitrogen and oxygen atoms in total. The number of aromatic nitrogens is 1. The van der Waals surface area contributed by atoms with Crippen LogP contribution in [0.25, 0.3) is 11.5 Å². The van der Waals surface area contributed by atoms with E-state index in [0.717, 1.165) is 17.5 Å². The lowest BCUT2D eigenvalue weighted by atomic mass is 10.1. The molecule has 0 bridgehead atoms. The molecule has 2 aromatic rings. The van der Waals surface area contributed by atoms with E-state index in [4.69, 9.17) is 19.6 Å². The van der Waals surface area contributed by atoms with Crippen molar-refractivity contribution in [1.82, 2.24) is 10.3 Å². The molecule has 0 fully saturated rings. The predicted octanol–water partition coefficient (Wildman–Crippen LogP) is 1.75. The zero-order valence-corrected chi connectivity index (χ0v) is 15.0. The van der Waals surface area contributed by atoms with E-state index in [0.29, 0.717) is 31.3 Å². The Morgan fingerprint density at radius 1 is 1.38 bits per heavy atom. The standard InChI is InChI=1S/C18H24N4O4/c1-20-18(19)22-16(23)7-5-13-4-6-14(17-21-8-11-26-17)15(12-13)25-10-3-9-24-2/h4,6,8,11-12H,3,5,7,9-10H2,1-2H3,(H3,19,20,22,23). The molecule has 3 N–H and O–H groups in total. The van der Waals surface area contributed by atoms with Crippen LogP contribution in [0.5, 0.6) is 5.75 Å². The van der Waals surface area contributed by atoms with Crippen LogP contribution in [0.15, 0.2) is 40.1 Å². The molecule has 140 valence electrons. The summed E-state index contributed by atoms with van der Waals surface area (Å²) in [5.74, 6) is 1.07. The van der Waals surface area contributed by atoms with Crippen LogP contribution in [0.4, 0.5) is 0 Å². The van der Waals surface area contributed by atoms with Gasteiger partial charge < -0.3 is 19.6 Å². The van der Waals surface area contributed by atoms with Gasteiger partial charge >= 0.3 is 0 Å². The minimum Gasteiger partial charge on any atom is -0.493 e. The van der Waals surface area contributed by atoms with E-state index in [2.05, 4.69) is 15.3 Å². The number of hydrogen-bond donors (Lipinski definition) is 2. The highest BCUT2D eigenvalue weighted by molar-refractivity contribution is 5.96. The van der Waals surface area contributed by atoms with Crippen LogP contribution in [-0.4, -0.2) is 44.2 Å². The first-order chi connectivity index (χ1) is 12.6. The molecule has 0 radical (unpaired) electrons. The first kappa shape index (κ1) is 19.5. The second-order valence-electron chi connectivity index (χ2n) is 5.52. The number of ether oxygens (including phenoxy) is 2. The predicted molar refractivity (Wildman–Crippen MR) is 97.9 cm³/mol. The molecule has 26 heavy (non-hydrogen) atoms. The number of methoxy groups -OCH3 is 1. The van der Waals surface area contributed by atoms with Crippen LogP contribution in [0, 0.1) is 0 Å². The van der Waals surface area contributed by atoms with Gasteiger partial charge in [-0.05, 0) is 24.1 Å². The van der Waals surface area contributed by atoms with E-state index in [-0.39, 0.29) is 18.3 Å². The summed E-state index contributed by atoms with van der Waals surface area (Å²) < 4.78 is 16.3. The van der Waals surface area contributed by atoms with Crippen molar-refractivity contribution in [3.63, 3.8) is 0 Å². The Hall–Kier alpha value is -2.87. The highest BCUT2D eigenvalue weighted by Crippen LogP contribution is 2.30. The largest absolute Gasteiger partial charge is 0.493 e. The SMILES string of the molecule is CN=C(N)NC(=O)CCc1ccc(-c2ncco2)c(OCCCOC)c1. The summed E-state index contributed by atoms with van der Waals surface area (Å²) in [6.07, 6.45) is 4.70. The molecule has 1 aromatic carbocycles. The molecule has 1 aromatic heterocycles. The Morgan fingerprint density at radius 2 is 2.23 bits per heavy atom. The Bertz CT molecular complexity index is 729. The number of benzene rings is 1. The molecule has 2 rings (SSSR count). The van der Waals surface area contributed by atoms with Gasteiger partial charge in [0.25, 0.3) is 0 Å². The monoisotopic (exact) mass is 360 g/mol. The molecule has 0 aliphatic carbocycles. The van der Waals surface area contributed by atoms with Crippen molar-refractivity contribution in [3.05, 3.63) is 36.2 Å². The summed E-state index contributed by atoms with van der Waals surface area (Å²) in [6.45, 7) is 1.13. The Balaban J connectivity index is 2.07. The summed E-state index contributed by atoms with van der Waals surface area (Å²) in [7, 11) is 3.17. The van der Waals surface area contributed by atoms with Crippen molar-refractivity contribution in [2.24, 2.45) is 10.7 Å². The number of aryl methyl sites for hydroxylation is 1. The van der Waals surface area contributed by atoms with Gasteiger partial charge in [0, 0.05) is 33.6 Å². The first-order valence-corrected chi connectivity index (χ1v) is 8.30. The number of nitrogens with two attached hydrogens (primary N) is 1. The number of nitrogens with one attached hydrogen (secondary N) is 1. The fourth-order valence-electron chi connectivity index (χ4n) is 2.28. The molecule has 0 atom stereocenters. The van der Waals surface area contributed by atoms with E-state index >= 15 is 0 Å². The molecule has 0 unspecified atom stereocenters. The normalized spacial score (nSPS) is 11.4. The zero-order valence-electron chi connectivity index (χ0n) is 15.0. The van der Waals surface area contributed by atoms with Crippen LogP contribution < -0.4 is 15.8 Å². The molecule has 0 aliphatic heterocycles. The van der Waals surface area contributed by atoms with E-state index in [9.17, 15) is 4.79 Å². The van der Waals surface area contributed by atoms with Gasteiger partial charge in [0.1, 0.15) is 12.0 Å². The number of hydrogen-bond acceptors (Lipinski definition) is 6.